The smallest absolute Gasteiger partial charge is 0.222 e. The molecule has 1 unspecified atom stereocenters. The van der Waals surface area contributed by atoms with Crippen molar-refractivity contribution in [1.82, 2.24) is 5.32 Å². The molecule has 1 N–H and O–H groups in total. The van der Waals surface area contributed by atoms with Gasteiger partial charge in [0.1, 0.15) is 0 Å². The fraction of sp³-hybridized carbons (Fsp3) is 0.923. The first-order valence-corrected chi connectivity index (χ1v) is 6.47. The molecule has 0 aromatic carbocycles. The van der Waals surface area contributed by atoms with Crippen LogP contribution in [0.1, 0.15) is 65.2 Å². The average Bonchev–Trinajstić information content (AvgIpc) is 2.27. The van der Waals surface area contributed by atoms with Gasteiger partial charge in [-0.05, 0) is 12.8 Å². The van der Waals surface area contributed by atoms with Crippen molar-refractivity contribution in [3.05, 3.63) is 0 Å². The van der Waals surface area contributed by atoms with E-state index in [0.29, 0.717) is 0 Å². The van der Waals surface area contributed by atoms with E-state index < -0.39 is 0 Å². The van der Waals surface area contributed by atoms with Gasteiger partial charge in [-0.1, -0.05) is 52.4 Å². The Labute approximate surface area is 94.8 Å². The minimum atomic E-state index is 0.236. The SMILES string of the molecule is CCCCCCC(CCCC)C(=O)NC. The van der Waals surface area contributed by atoms with Crippen LogP contribution in [0, 0.1) is 5.92 Å². The Hall–Kier alpha value is -0.530. The number of nitrogens with one attached hydrogen (secondary N) is 1. The largest absolute Gasteiger partial charge is 0.359 e. The summed E-state index contributed by atoms with van der Waals surface area (Å²) in [5.41, 5.74) is 0. The van der Waals surface area contributed by atoms with Crippen LogP contribution in [0.2, 0.25) is 0 Å². The van der Waals surface area contributed by atoms with E-state index in [2.05, 4.69) is 19.2 Å². The molecule has 0 fully saturated rings. The van der Waals surface area contributed by atoms with Crippen molar-refractivity contribution >= 4 is 5.91 Å². The first-order valence-electron chi connectivity index (χ1n) is 6.47. The quantitative estimate of drug-likeness (QED) is 0.583. The van der Waals surface area contributed by atoms with Gasteiger partial charge < -0.3 is 5.32 Å². The number of amides is 1. The second-order valence-electron chi connectivity index (χ2n) is 4.30. The lowest BCUT2D eigenvalue weighted by Gasteiger charge is -2.14. The monoisotopic (exact) mass is 213 g/mol. The van der Waals surface area contributed by atoms with E-state index in [1.807, 2.05) is 0 Å². The van der Waals surface area contributed by atoms with Crippen LogP contribution in [0.15, 0.2) is 0 Å². The van der Waals surface area contributed by atoms with Crippen LogP contribution in [-0.2, 0) is 4.79 Å². The molecule has 2 nitrogen and oxygen atoms in total. The van der Waals surface area contributed by atoms with Crippen LogP contribution in [-0.4, -0.2) is 13.0 Å². The molecule has 90 valence electrons. The molecule has 0 heterocycles. The first-order chi connectivity index (χ1) is 7.26. The summed E-state index contributed by atoms with van der Waals surface area (Å²) in [7, 11) is 1.74. The van der Waals surface area contributed by atoms with E-state index in [4.69, 9.17) is 0 Å². The topological polar surface area (TPSA) is 29.1 Å². The van der Waals surface area contributed by atoms with E-state index in [1.54, 1.807) is 7.05 Å². The molecule has 0 saturated carbocycles. The van der Waals surface area contributed by atoms with Crippen LogP contribution in [0.25, 0.3) is 0 Å². The molecule has 15 heavy (non-hydrogen) atoms. The molecular weight excluding hydrogens is 186 g/mol. The Morgan fingerprint density at radius 3 is 2.13 bits per heavy atom. The summed E-state index contributed by atoms with van der Waals surface area (Å²) in [5.74, 6) is 0.492. The van der Waals surface area contributed by atoms with Gasteiger partial charge in [-0.25, -0.2) is 0 Å². The lowest BCUT2D eigenvalue weighted by atomic mass is 9.94. The molecule has 0 radical (unpaired) electrons. The van der Waals surface area contributed by atoms with Crippen molar-refractivity contribution < 1.29 is 4.79 Å². The fourth-order valence-corrected chi connectivity index (χ4v) is 1.88. The fourth-order valence-electron chi connectivity index (χ4n) is 1.88. The Balaban J connectivity index is 3.74. The van der Waals surface area contributed by atoms with Gasteiger partial charge in [-0.3, -0.25) is 4.79 Å². The summed E-state index contributed by atoms with van der Waals surface area (Å²) in [4.78, 5) is 11.6. The van der Waals surface area contributed by atoms with Crippen LogP contribution >= 0.6 is 0 Å². The summed E-state index contributed by atoms with van der Waals surface area (Å²) in [5, 5.41) is 2.78. The zero-order chi connectivity index (χ0) is 11.5. The minimum Gasteiger partial charge on any atom is -0.359 e. The van der Waals surface area contributed by atoms with Crippen LogP contribution in [0.3, 0.4) is 0 Å². The van der Waals surface area contributed by atoms with Crippen LogP contribution in [0.5, 0.6) is 0 Å². The summed E-state index contributed by atoms with van der Waals surface area (Å²) < 4.78 is 0. The zero-order valence-electron chi connectivity index (χ0n) is 10.6. The minimum absolute atomic E-state index is 0.236. The Morgan fingerprint density at radius 1 is 1.00 bits per heavy atom. The molecule has 1 atom stereocenters. The van der Waals surface area contributed by atoms with Gasteiger partial charge in [-0.15, -0.1) is 0 Å². The predicted molar refractivity (Wildman–Crippen MR) is 65.8 cm³/mol. The first kappa shape index (κ1) is 14.5. The molecule has 0 spiro atoms. The Morgan fingerprint density at radius 2 is 1.60 bits per heavy atom. The third-order valence-electron chi connectivity index (χ3n) is 2.93. The summed E-state index contributed by atoms with van der Waals surface area (Å²) >= 11 is 0. The third kappa shape index (κ3) is 7.40. The third-order valence-corrected chi connectivity index (χ3v) is 2.93. The molecule has 0 aromatic rings. The lowest BCUT2D eigenvalue weighted by Crippen LogP contribution is -2.27. The van der Waals surface area contributed by atoms with Crippen molar-refractivity contribution in [2.45, 2.75) is 65.2 Å². The maximum atomic E-state index is 11.6. The van der Waals surface area contributed by atoms with E-state index in [9.17, 15) is 4.79 Å². The second-order valence-corrected chi connectivity index (χ2v) is 4.30. The standard InChI is InChI=1S/C13H27NO/c1-4-6-8-9-11-12(10-7-5-2)13(15)14-3/h12H,4-11H2,1-3H3,(H,14,15). The van der Waals surface area contributed by atoms with E-state index in [1.165, 1.54) is 38.5 Å². The molecule has 2 heteroatoms. The highest BCUT2D eigenvalue weighted by atomic mass is 16.1. The van der Waals surface area contributed by atoms with Gasteiger partial charge >= 0.3 is 0 Å². The van der Waals surface area contributed by atoms with Gasteiger partial charge in [0, 0.05) is 13.0 Å². The second kappa shape index (κ2) is 10.0. The van der Waals surface area contributed by atoms with E-state index in [-0.39, 0.29) is 11.8 Å². The number of carbonyl (C=O) groups excluding carboxylic acids is 1. The lowest BCUT2D eigenvalue weighted by molar-refractivity contribution is -0.125. The molecule has 0 aromatic heterocycles. The van der Waals surface area contributed by atoms with Gasteiger partial charge in [-0.2, -0.15) is 0 Å². The molecular formula is C13H27NO. The number of unbranched alkanes of at least 4 members (excludes halogenated alkanes) is 4. The van der Waals surface area contributed by atoms with Crippen molar-refractivity contribution in [2.24, 2.45) is 5.92 Å². The predicted octanol–water partition coefficient (Wildman–Crippen LogP) is 3.51. The zero-order valence-corrected chi connectivity index (χ0v) is 10.6. The molecule has 0 aliphatic heterocycles. The number of rotatable bonds is 9. The maximum absolute atomic E-state index is 11.6. The van der Waals surface area contributed by atoms with Crippen LogP contribution in [0.4, 0.5) is 0 Å². The molecule has 1 amide bonds. The highest BCUT2D eigenvalue weighted by Gasteiger charge is 2.15. The summed E-state index contributed by atoms with van der Waals surface area (Å²) in [6.45, 7) is 4.39. The average molecular weight is 213 g/mol. The maximum Gasteiger partial charge on any atom is 0.222 e. The van der Waals surface area contributed by atoms with Gasteiger partial charge in [0.25, 0.3) is 0 Å². The van der Waals surface area contributed by atoms with E-state index in [0.717, 1.165) is 12.8 Å². The van der Waals surface area contributed by atoms with Crippen molar-refractivity contribution in [3.63, 3.8) is 0 Å². The van der Waals surface area contributed by atoms with Gasteiger partial charge in [0.2, 0.25) is 5.91 Å². The van der Waals surface area contributed by atoms with Gasteiger partial charge in [0.05, 0.1) is 0 Å². The van der Waals surface area contributed by atoms with Crippen molar-refractivity contribution in [3.8, 4) is 0 Å². The Kier molecular flexibility index (Phi) is 9.65. The molecule has 0 aliphatic carbocycles. The highest BCUT2D eigenvalue weighted by molar-refractivity contribution is 5.78. The van der Waals surface area contributed by atoms with Crippen molar-refractivity contribution in [1.29, 1.82) is 0 Å². The van der Waals surface area contributed by atoms with E-state index >= 15 is 0 Å². The summed E-state index contributed by atoms with van der Waals surface area (Å²) in [6.07, 6.45) is 9.52. The molecule has 0 rings (SSSR count). The number of hydrogen-bond donors (Lipinski definition) is 1. The Bertz CT molecular complexity index is 157. The van der Waals surface area contributed by atoms with Crippen molar-refractivity contribution in [2.75, 3.05) is 7.05 Å². The molecule has 0 saturated heterocycles. The molecule has 0 aliphatic rings. The van der Waals surface area contributed by atoms with Crippen LogP contribution < -0.4 is 5.32 Å². The van der Waals surface area contributed by atoms with Gasteiger partial charge in [0.15, 0.2) is 0 Å². The normalized spacial score (nSPS) is 12.5. The molecule has 0 bridgehead atoms. The number of hydrogen-bond acceptors (Lipinski definition) is 1. The summed E-state index contributed by atoms with van der Waals surface area (Å²) in [6, 6.07) is 0. The number of carbonyl (C=O) groups is 1. The highest BCUT2D eigenvalue weighted by Crippen LogP contribution is 2.17.